The summed E-state index contributed by atoms with van der Waals surface area (Å²) in [7, 11) is 0. The molecule has 122 valence electrons. The van der Waals surface area contributed by atoms with Gasteiger partial charge >= 0.3 is 0 Å². The number of hydrogen-bond acceptors (Lipinski definition) is 5. The maximum absolute atomic E-state index is 12.7. The Morgan fingerprint density at radius 1 is 1.21 bits per heavy atom. The first-order valence-electron chi connectivity index (χ1n) is 7.97. The molecule has 1 aliphatic rings. The van der Waals surface area contributed by atoms with Gasteiger partial charge in [0.2, 0.25) is 11.7 Å². The first-order valence-corrected chi connectivity index (χ1v) is 8.85. The third-order valence-electron chi connectivity index (χ3n) is 4.21. The highest BCUT2D eigenvalue weighted by Crippen LogP contribution is 2.34. The summed E-state index contributed by atoms with van der Waals surface area (Å²) < 4.78 is 0. The molecule has 1 saturated heterocycles. The van der Waals surface area contributed by atoms with Gasteiger partial charge in [-0.3, -0.25) is 4.79 Å². The quantitative estimate of drug-likeness (QED) is 0.733. The van der Waals surface area contributed by atoms with Crippen LogP contribution in [0.25, 0.3) is 11.4 Å². The molecule has 1 aromatic carbocycles. The van der Waals surface area contributed by atoms with E-state index < -0.39 is 0 Å². The number of tetrazole rings is 1. The molecule has 1 fully saturated rings. The first-order chi connectivity index (χ1) is 11.8. The predicted molar refractivity (Wildman–Crippen MR) is 91.3 cm³/mol. The number of likely N-dealkylation sites (tertiary alicyclic amines) is 1. The number of aromatic nitrogens is 4. The molecule has 1 aliphatic heterocycles. The van der Waals surface area contributed by atoms with Crippen molar-refractivity contribution in [2.75, 3.05) is 6.54 Å². The lowest BCUT2D eigenvalue weighted by Gasteiger charge is -2.23. The van der Waals surface area contributed by atoms with E-state index in [2.05, 4.69) is 26.9 Å². The van der Waals surface area contributed by atoms with Crippen molar-refractivity contribution in [1.29, 1.82) is 0 Å². The average Bonchev–Trinajstić information content (AvgIpc) is 3.36. The van der Waals surface area contributed by atoms with Gasteiger partial charge in [0.05, 0.1) is 6.04 Å². The third kappa shape index (κ3) is 2.94. The minimum atomic E-state index is 0.0444. The van der Waals surface area contributed by atoms with Crippen molar-refractivity contribution in [3.63, 3.8) is 0 Å². The zero-order valence-corrected chi connectivity index (χ0v) is 13.9. The molecule has 0 aliphatic carbocycles. The molecule has 24 heavy (non-hydrogen) atoms. The van der Waals surface area contributed by atoms with Gasteiger partial charge < -0.3 is 4.90 Å². The van der Waals surface area contributed by atoms with E-state index in [-0.39, 0.29) is 18.5 Å². The number of thiophene rings is 1. The normalized spacial score (nSPS) is 17.3. The van der Waals surface area contributed by atoms with Crippen LogP contribution in [0.4, 0.5) is 0 Å². The lowest BCUT2D eigenvalue weighted by molar-refractivity contribution is -0.133. The van der Waals surface area contributed by atoms with Gasteiger partial charge in [-0.1, -0.05) is 36.4 Å². The van der Waals surface area contributed by atoms with Crippen molar-refractivity contribution in [3.05, 3.63) is 52.7 Å². The topological polar surface area (TPSA) is 63.9 Å². The summed E-state index contributed by atoms with van der Waals surface area (Å²) >= 11 is 1.70. The molecule has 1 amide bonds. The van der Waals surface area contributed by atoms with Crippen LogP contribution in [-0.4, -0.2) is 37.6 Å². The number of rotatable bonds is 4. The van der Waals surface area contributed by atoms with Crippen LogP contribution in [0, 0.1) is 0 Å². The summed E-state index contributed by atoms with van der Waals surface area (Å²) in [5.74, 6) is 0.586. The lowest BCUT2D eigenvalue weighted by atomic mass is 10.2. The number of benzene rings is 1. The van der Waals surface area contributed by atoms with Gasteiger partial charge in [0.15, 0.2) is 0 Å². The van der Waals surface area contributed by atoms with Crippen molar-refractivity contribution in [3.8, 4) is 11.4 Å². The molecule has 3 heterocycles. The van der Waals surface area contributed by atoms with Crippen LogP contribution in [0.5, 0.6) is 0 Å². The van der Waals surface area contributed by atoms with Gasteiger partial charge in [-0.05, 0) is 29.5 Å². The molecule has 0 radical (unpaired) electrons. The standard InChI is InChI=1S/C17H17N5OS/c23-16(21-10-4-8-14(21)15-9-5-11-24-15)12-22-19-17(18-20-22)13-6-2-1-3-7-13/h1-3,5-7,9,11,14H,4,8,10,12H2/t14-/m1/s1. The molecule has 2 aromatic heterocycles. The van der Waals surface area contributed by atoms with Crippen LogP contribution in [0.3, 0.4) is 0 Å². The minimum Gasteiger partial charge on any atom is -0.333 e. The smallest absolute Gasteiger partial charge is 0.246 e. The summed E-state index contributed by atoms with van der Waals surface area (Å²) in [6, 6.07) is 14.0. The number of carbonyl (C=O) groups excluding carboxylic acids is 1. The Kier molecular flexibility index (Phi) is 4.08. The van der Waals surface area contributed by atoms with Gasteiger partial charge in [0, 0.05) is 17.0 Å². The van der Waals surface area contributed by atoms with E-state index in [0.717, 1.165) is 24.9 Å². The van der Waals surface area contributed by atoms with Crippen molar-refractivity contribution in [2.24, 2.45) is 0 Å². The highest BCUT2D eigenvalue weighted by Gasteiger charge is 2.30. The Hall–Kier alpha value is -2.54. The summed E-state index contributed by atoms with van der Waals surface area (Å²) in [6.45, 7) is 0.920. The van der Waals surface area contributed by atoms with Crippen molar-refractivity contribution >= 4 is 17.2 Å². The molecule has 0 bridgehead atoms. The van der Waals surface area contributed by atoms with Gasteiger partial charge in [0.25, 0.3) is 0 Å². The second-order valence-electron chi connectivity index (χ2n) is 5.77. The molecule has 7 heteroatoms. The molecule has 3 aromatic rings. The lowest BCUT2D eigenvalue weighted by Crippen LogP contribution is -2.33. The molecule has 4 rings (SSSR count). The summed E-state index contributed by atoms with van der Waals surface area (Å²) in [4.78, 5) is 17.2. The van der Waals surface area contributed by atoms with Crippen LogP contribution in [0.1, 0.15) is 23.8 Å². The van der Waals surface area contributed by atoms with E-state index in [1.807, 2.05) is 41.3 Å². The van der Waals surface area contributed by atoms with E-state index in [1.165, 1.54) is 9.67 Å². The van der Waals surface area contributed by atoms with E-state index in [1.54, 1.807) is 11.3 Å². The van der Waals surface area contributed by atoms with Crippen molar-refractivity contribution < 1.29 is 4.79 Å². The van der Waals surface area contributed by atoms with E-state index in [0.29, 0.717) is 5.82 Å². The highest BCUT2D eigenvalue weighted by molar-refractivity contribution is 7.10. The van der Waals surface area contributed by atoms with Gasteiger partial charge in [-0.25, -0.2) is 0 Å². The average molecular weight is 339 g/mol. The summed E-state index contributed by atoms with van der Waals surface area (Å²) in [5, 5.41) is 14.5. The Labute approximate surface area is 143 Å². The first kappa shape index (κ1) is 15.0. The zero-order valence-electron chi connectivity index (χ0n) is 13.1. The van der Waals surface area contributed by atoms with Gasteiger partial charge in [0.1, 0.15) is 6.54 Å². The van der Waals surface area contributed by atoms with Crippen LogP contribution in [0.2, 0.25) is 0 Å². The second kappa shape index (κ2) is 6.52. The molecule has 0 saturated carbocycles. The van der Waals surface area contributed by atoms with Gasteiger partial charge in [-0.2, -0.15) is 4.80 Å². The number of amides is 1. The van der Waals surface area contributed by atoms with Gasteiger partial charge in [-0.15, -0.1) is 21.5 Å². The molecule has 1 atom stereocenters. The Morgan fingerprint density at radius 2 is 2.08 bits per heavy atom. The van der Waals surface area contributed by atoms with E-state index in [9.17, 15) is 4.79 Å². The highest BCUT2D eigenvalue weighted by atomic mass is 32.1. The number of carbonyl (C=O) groups is 1. The fraction of sp³-hybridized carbons (Fsp3) is 0.294. The molecule has 0 unspecified atom stereocenters. The largest absolute Gasteiger partial charge is 0.333 e. The van der Waals surface area contributed by atoms with Crippen LogP contribution in [-0.2, 0) is 11.3 Å². The Balaban J connectivity index is 1.47. The Bertz CT molecular complexity index is 815. The molecular formula is C17H17N5OS. The maximum atomic E-state index is 12.7. The maximum Gasteiger partial charge on any atom is 0.246 e. The minimum absolute atomic E-state index is 0.0444. The fourth-order valence-corrected chi connectivity index (χ4v) is 3.94. The van der Waals surface area contributed by atoms with Crippen molar-refractivity contribution in [2.45, 2.75) is 25.4 Å². The Morgan fingerprint density at radius 3 is 2.88 bits per heavy atom. The molecule has 0 N–H and O–H groups in total. The molecule has 0 spiro atoms. The SMILES string of the molecule is O=C(Cn1nnc(-c2ccccc2)n1)N1CCC[C@@H]1c1cccs1. The zero-order chi connectivity index (χ0) is 16.4. The molecule has 6 nitrogen and oxygen atoms in total. The monoisotopic (exact) mass is 339 g/mol. The second-order valence-corrected chi connectivity index (χ2v) is 6.75. The summed E-state index contributed by atoms with van der Waals surface area (Å²) in [5.41, 5.74) is 0.897. The summed E-state index contributed by atoms with van der Waals surface area (Å²) in [6.07, 6.45) is 2.06. The van der Waals surface area contributed by atoms with E-state index in [4.69, 9.17) is 0 Å². The van der Waals surface area contributed by atoms with Crippen LogP contribution in [0.15, 0.2) is 47.8 Å². The third-order valence-corrected chi connectivity index (χ3v) is 5.18. The predicted octanol–water partition coefficient (Wildman–Crippen LogP) is 2.77. The van der Waals surface area contributed by atoms with Crippen LogP contribution >= 0.6 is 11.3 Å². The number of nitrogens with zero attached hydrogens (tertiary/aromatic N) is 5. The fourth-order valence-electron chi connectivity index (χ4n) is 3.07. The molecular weight excluding hydrogens is 322 g/mol. The van der Waals surface area contributed by atoms with Crippen LogP contribution < -0.4 is 0 Å². The van der Waals surface area contributed by atoms with E-state index >= 15 is 0 Å². The number of hydrogen-bond donors (Lipinski definition) is 0. The van der Waals surface area contributed by atoms with Crippen molar-refractivity contribution in [1.82, 2.24) is 25.1 Å².